The number of benzene rings is 1. The number of nitriles is 1. The van der Waals surface area contributed by atoms with Gasteiger partial charge in [-0.1, -0.05) is 0 Å². The van der Waals surface area contributed by atoms with E-state index >= 15 is 0 Å². The van der Waals surface area contributed by atoms with Gasteiger partial charge in [-0.25, -0.2) is 4.79 Å². The van der Waals surface area contributed by atoms with Gasteiger partial charge in [-0.05, 0) is 17.7 Å². The predicted octanol–water partition coefficient (Wildman–Crippen LogP) is 2.98. The molecule has 0 saturated heterocycles. The Kier molecular flexibility index (Phi) is 4.62. The second kappa shape index (κ2) is 5.80. The number of nitrogens with zero attached hydrogens (tertiary/aromatic N) is 1. The van der Waals surface area contributed by atoms with Crippen LogP contribution in [0.4, 0.5) is 13.2 Å². The summed E-state index contributed by atoms with van der Waals surface area (Å²) in [4.78, 5) is 11.4. The molecular weight excluding hydrogens is 287 g/mol. The molecule has 4 nitrogen and oxygen atoms in total. The fraction of sp³-hybridized carbons (Fsp3) is 0.273. The third kappa shape index (κ3) is 3.76. The summed E-state index contributed by atoms with van der Waals surface area (Å²) >= 11 is 5.52. The molecule has 102 valence electrons. The molecule has 0 amide bonds. The van der Waals surface area contributed by atoms with Crippen LogP contribution < -0.4 is 4.74 Å². The van der Waals surface area contributed by atoms with Crippen molar-refractivity contribution >= 4 is 17.6 Å². The van der Waals surface area contributed by atoms with Crippen molar-refractivity contribution in [3.8, 4) is 11.8 Å². The van der Waals surface area contributed by atoms with E-state index < -0.39 is 23.6 Å². The molecule has 1 aromatic carbocycles. The van der Waals surface area contributed by atoms with Gasteiger partial charge in [0.15, 0.2) is 0 Å². The molecule has 0 unspecified atom stereocenters. The highest BCUT2D eigenvalue weighted by molar-refractivity contribution is 6.17. The monoisotopic (exact) mass is 293 g/mol. The predicted molar refractivity (Wildman–Crippen MR) is 58.7 cm³/mol. The molecule has 0 aliphatic rings. The van der Waals surface area contributed by atoms with Crippen molar-refractivity contribution in [3.05, 3.63) is 28.8 Å². The first-order chi connectivity index (χ1) is 8.82. The zero-order valence-electron chi connectivity index (χ0n) is 9.55. The third-order valence-electron chi connectivity index (χ3n) is 2.10. The number of hydrogen-bond acceptors (Lipinski definition) is 4. The lowest BCUT2D eigenvalue weighted by molar-refractivity contribution is -0.274. The number of esters is 1. The number of methoxy groups -OCH3 is 1. The van der Waals surface area contributed by atoms with Crippen LogP contribution >= 0.6 is 11.6 Å². The van der Waals surface area contributed by atoms with Crippen LogP contribution in [0.3, 0.4) is 0 Å². The Morgan fingerprint density at radius 2 is 2.11 bits per heavy atom. The molecule has 0 heterocycles. The second-order valence-corrected chi connectivity index (χ2v) is 3.56. The normalized spacial score (nSPS) is 10.7. The van der Waals surface area contributed by atoms with E-state index in [1.807, 2.05) is 0 Å². The fourth-order valence-corrected chi connectivity index (χ4v) is 1.54. The summed E-state index contributed by atoms with van der Waals surface area (Å²) in [5.74, 6) is -2.00. The number of halogens is 4. The van der Waals surface area contributed by atoms with E-state index in [4.69, 9.17) is 16.9 Å². The van der Waals surface area contributed by atoms with Crippen LogP contribution in [-0.4, -0.2) is 19.4 Å². The Bertz CT molecular complexity index is 537. The topological polar surface area (TPSA) is 59.3 Å². The molecule has 0 spiro atoms. The Balaban J connectivity index is 3.41. The van der Waals surface area contributed by atoms with E-state index in [9.17, 15) is 18.0 Å². The standard InChI is InChI=1S/C11H7ClF3NO3/c1-18-10(17)8-2-7(5-16)6(4-12)3-9(8)19-11(13,14)15/h2-3H,4H2,1H3. The van der Waals surface area contributed by atoms with Crippen molar-refractivity contribution in [2.24, 2.45) is 0 Å². The lowest BCUT2D eigenvalue weighted by atomic mass is 10.0. The Morgan fingerprint density at radius 1 is 1.47 bits per heavy atom. The summed E-state index contributed by atoms with van der Waals surface area (Å²) in [5, 5.41) is 8.83. The van der Waals surface area contributed by atoms with E-state index in [2.05, 4.69) is 9.47 Å². The molecule has 0 aromatic heterocycles. The summed E-state index contributed by atoms with van der Waals surface area (Å²) in [6.45, 7) is 0. The number of alkyl halides is 4. The minimum absolute atomic E-state index is 0.0232. The third-order valence-corrected chi connectivity index (χ3v) is 2.39. The van der Waals surface area contributed by atoms with Crippen LogP contribution in [0.1, 0.15) is 21.5 Å². The van der Waals surface area contributed by atoms with Gasteiger partial charge < -0.3 is 9.47 Å². The molecule has 1 aromatic rings. The van der Waals surface area contributed by atoms with E-state index in [1.54, 1.807) is 6.07 Å². The maximum Gasteiger partial charge on any atom is 0.573 e. The molecule has 0 radical (unpaired) electrons. The molecule has 0 atom stereocenters. The van der Waals surface area contributed by atoms with Gasteiger partial charge in [-0.15, -0.1) is 24.8 Å². The fourth-order valence-electron chi connectivity index (χ4n) is 1.32. The van der Waals surface area contributed by atoms with Gasteiger partial charge >= 0.3 is 12.3 Å². The lowest BCUT2D eigenvalue weighted by Gasteiger charge is -2.14. The van der Waals surface area contributed by atoms with Crippen molar-refractivity contribution in [2.75, 3.05) is 7.11 Å². The molecule has 0 saturated carbocycles. The van der Waals surface area contributed by atoms with Crippen LogP contribution in [0.15, 0.2) is 12.1 Å². The largest absolute Gasteiger partial charge is 0.573 e. The lowest BCUT2D eigenvalue weighted by Crippen LogP contribution is -2.19. The summed E-state index contributed by atoms with van der Waals surface area (Å²) in [6.07, 6.45) is -4.97. The first kappa shape index (κ1) is 15.1. The number of carbonyl (C=O) groups excluding carboxylic acids is 1. The molecule has 19 heavy (non-hydrogen) atoms. The van der Waals surface area contributed by atoms with Crippen molar-refractivity contribution in [1.29, 1.82) is 5.26 Å². The van der Waals surface area contributed by atoms with Crippen molar-refractivity contribution in [2.45, 2.75) is 12.2 Å². The first-order valence-corrected chi connectivity index (χ1v) is 5.33. The zero-order chi connectivity index (χ0) is 14.6. The number of rotatable bonds is 3. The van der Waals surface area contributed by atoms with Crippen LogP contribution in [0.5, 0.6) is 5.75 Å². The smallest absolute Gasteiger partial charge is 0.465 e. The summed E-state index contributed by atoms with van der Waals surface area (Å²) in [7, 11) is 1.00. The van der Waals surface area contributed by atoms with Crippen LogP contribution in [0.2, 0.25) is 0 Å². The zero-order valence-corrected chi connectivity index (χ0v) is 10.3. The van der Waals surface area contributed by atoms with Crippen LogP contribution in [0.25, 0.3) is 0 Å². The maximum atomic E-state index is 12.2. The summed E-state index contributed by atoms with van der Waals surface area (Å²) in [6, 6.07) is 3.57. The molecule has 0 N–H and O–H groups in total. The van der Waals surface area contributed by atoms with Gasteiger partial charge in [0, 0.05) is 5.88 Å². The summed E-state index contributed by atoms with van der Waals surface area (Å²) < 4.78 is 44.8. The minimum Gasteiger partial charge on any atom is -0.465 e. The second-order valence-electron chi connectivity index (χ2n) is 3.29. The molecular formula is C11H7ClF3NO3. The highest BCUT2D eigenvalue weighted by Gasteiger charge is 2.33. The Morgan fingerprint density at radius 3 is 2.53 bits per heavy atom. The SMILES string of the molecule is COC(=O)c1cc(C#N)c(CCl)cc1OC(F)(F)F. The average molecular weight is 294 g/mol. The van der Waals surface area contributed by atoms with E-state index in [1.165, 1.54) is 0 Å². The van der Waals surface area contributed by atoms with Gasteiger partial charge in [-0.2, -0.15) is 5.26 Å². The Labute approximate surface area is 111 Å². The highest BCUT2D eigenvalue weighted by atomic mass is 35.5. The van der Waals surface area contributed by atoms with Crippen LogP contribution in [-0.2, 0) is 10.6 Å². The maximum absolute atomic E-state index is 12.2. The van der Waals surface area contributed by atoms with Gasteiger partial charge in [0.05, 0.1) is 18.7 Å². The molecule has 0 aliphatic carbocycles. The van der Waals surface area contributed by atoms with Gasteiger partial charge in [0.1, 0.15) is 11.3 Å². The van der Waals surface area contributed by atoms with Gasteiger partial charge in [0.2, 0.25) is 0 Å². The van der Waals surface area contributed by atoms with Crippen molar-refractivity contribution < 1.29 is 27.4 Å². The molecule has 0 fully saturated rings. The van der Waals surface area contributed by atoms with Gasteiger partial charge in [0.25, 0.3) is 0 Å². The van der Waals surface area contributed by atoms with Gasteiger partial charge in [-0.3, -0.25) is 0 Å². The van der Waals surface area contributed by atoms with E-state index in [-0.39, 0.29) is 17.0 Å². The number of carbonyl (C=O) groups is 1. The molecule has 0 bridgehead atoms. The molecule has 1 rings (SSSR count). The number of hydrogen-bond donors (Lipinski definition) is 0. The average Bonchev–Trinajstić information content (AvgIpc) is 2.35. The highest BCUT2D eigenvalue weighted by Crippen LogP contribution is 2.30. The molecule has 0 aliphatic heterocycles. The van der Waals surface area contributed by atoms with Crippen molar-refractivity contribution in [3.63, 3.8) is 0 Å². The molecule has 8 heteroatoms. The van der Waals surface area contributed by atoms with E-state index in [0.29, 0.717) is 0 Å². The van der Waals surface area contributed by atoms with Crippen molar-refractivity contribution in [1.82, 2.24) is 0 Å². The number of ether oxygens (including phenoxy) is 2. The quantitative estimate of drug-likeness (QED) is 0.635. The minimum atomic E-state index is -4.97. The van der Waals surface area contributed by atoms with E-state index in [0.717, 1.165) is 19.2 Å². The van der Waals surface area contributed by atoms with Crippen LogP contribution in [0, 0.1) is 11.3 Å². The Hall–Kier alpha value is -1.94. The first-order valence-electron chi connectivity index (χ1n) is 4.79. The summed E-state index contributed by atoms with van der Waals surface area (Å²) in [5.41, 5.74) is -0.397.